The predicted molar refractivity (Wildman–Crippen MR) is 92.1 cm³/mol. The minimum atomic E-state index is -4.50. The number of thioether (sulfide) groups is 1. The first-order chi connectivity index (χ1) is 12.3. The molecule has 0 bridgehead atoms. The molecule has 0 aliphatic rings. The van der Waals surface area contributed by atoms with Gasteiger partial charge < -0.3 is 10.1 Å². The van der Waals surface area contributed by atoms with Crippen molar-refractivity contribution in [2.75, 3.05) is 18.3 Å². The molecule has 0 radical (unpaired) electrons. The van der Waals surface area contributed by atoms with E-state index in [4.69, 9.17) is 0 Å². The maximum absolute atomic E-state index is 12.7. The minimum Gasteiger partial charge on any atom is -0.453 e. The normalized spacial score (nSPS) is 10.9. The van der Waals surface area contributed by atoms with Gasteiger partial charge in [-0.3, -0.25) is 10.1 Å². The fraction of sp³-hybridized carbons (Fsp3) is 0.176. The number of hydrogen-bond acceptors (Lipinski definition) is 4. The number of nitrogens with one attached hydrogen (secondary N) is 2. The van der Waals surface area contributed by atoms with Gasteiger partial charge in [-0.25, -0.2) is 4.79 Å². The molecule has 0 saturated heterocycles. The monoisotopic (exact) mass is 384 g/mol. The van der Waals surface area contributed by atoms with E-state index in [0.29, 0.717) is 5.69 Å². The maximum atomic E-state index is 12.7. The smallest absolute Gasteiger partial charge is 0.416 e. The zero-order valence-electron chi connectivity index (χ0n) is 13.6. The van der Waals surface area contributed by atoms with Crippen LogP contribution >= 0.6 is 11.8 Å². The van der Waals surface area contributed by atoms with Crippen LogP contribution in [0.3, 0.4) is 0 Å². The fourth-order valence-electron chi connectivity index (χ4n) is 1.93. The number of anilines is 1. The van der Waals surface area contributed by atoms with Gasteiger partial charge in [0.05, 0.1) is 18.6 Å². The average Bonchev–Trinajstić information content (AvgIpc) is 2.62. The first-order valence-corrected chi connectivity index (χ1v) is 8.31. The Morgan fingerprint density at radius 2 is 1.81 bits per heavy atom. The molecule has 0 aliphatic carbocycles. The van der Waals surface area contributed by atoms with Crippen LogP contribution in [-0.4, -0.2) is 25.0 Å². The summed E-state index contributed by atoms with van der Waals surface area (Å²) in [6, 6.07) is 11.0. The first-order valence-electron chi connectivity index (χ1n) is 7.33. The Bertz CT molecular complexity index is 780. The maximum Gasteiger partial charge on any atom is 0.416 e. The molecular formula is C17H15F3N2O3S. The summed E-state index contributed by atoms with van der Waals surface area (Å²) in [5, 5.41) is 5.05. The molecule has 2 aromatic carbocycles. The van der Waals surface area contributed by atoms with E-state index in [1.54, 1.807) is 24.3 Å². The van der Waals surface area contributed by atoms with Gasteiger partial charge in [0.25, 0.3) is 5.91 Å². The number of ether oxygens (including phenoxy) is 1. The van der Waals surface area contributed by atoms with Crippen LogP contribution in [0.15, 0.2) is 53.4 Å². The number of alkyl halides is 3. The molecule has 0 unspecified atom stereocenters. The second kappa shape index (κ2) is 8.61. The van der Waals surface area contributed by atoms with Crippen molar-refractivity contribution >= 4 is 29.4 Å². The molecule has 0 saturated carbocycles. The van der Waals surface area contributed by atoms with E-state index in [1.165, 1.54) is 31.0 Å². The summed E-state index contributed by atoms with van der Waals surface area (Å²) in [5.74, 6) is -0.411. The molecule has 2 N–H and O–H groups in total. The molecule has 0 atom stereocenters. The van der Waals surface area contributed by atoms with Crippen molar-refractivity contribution in [1.29, 1.82) is 0 Å². The van der Waals surface area contributed by atoms with Gasteiger partial charge in [0.1, 0.15) is 0 Å². The van der Waals surface area contributed by atoms with E-state index in [2.05, 4.69) is 15.4 Å². The lowest BCUT2D eigenvalue weighted by Crippen LogP contribution is -2.23. The van der Waals surface area contributed by atoms with Gasteiger partial charge in [-0.05, 0) is 42.5 Å². The van der Waals surface area contributed by atoms with E-state index in [9.17, 15) is 22.8 Å². The van der Waals surface area contributed by atoms with Crippen molar-refractivity contribution in [3.05, 3.63) is 59.7 Å². The number of amides is 2. The molecule has 2 rings (SSSR count). The van der Waals surface area contributed by atoms with Crippen LogP contribution in [-0.2, 0) is 10.9 Å². The molecule has 0 aromatic heterocycles. The van der Waals surface area contributed by atoms with Gasteiger partial charge >= 0.3 is 12.3 Å². The summed E-state index contributed by atoms with van der Waals surface area (Å²) < 4.78 is 42.5. The van der Waals surface area contributed by atoms with Crippen molar-refractivity contribution < 1.29 is 27.5 Å². The third kappa shape index (κ3) is 5.69. The molecule has 9 heteroatoms. The zero-order valence-corrected chi connectivity index (χ0v) is 14.4. The van der Waals surface area contributed by atoms with Crippen molar-refractivity contribution in [2.45, 2.75) is 11.1 Å². The summed E-state index contributed by atoms with van der Waals surface area (Å²) in [6.07, 6.45) is -5.08. The van der Waals surface area contributed by atoms with Crippen LogP contribution in [0.2, 0.25) is 0 Å². The molecule has 2 amide bonds. The zero-order chi connectivity index (χ0) is 19.2. The van der Waals surface area contributed by atoms with Crippen LogP contribution in [0.25, 0.3) is 0 Å². The Balaban J connectivity index is 1.87. The summed E-state index contributed by atoms with van der Waals surface area (Å²) in [4.78, 5) is 23.9. The van der Waals surface area contributed by atoms with Crippen molar-refractivity contribution in [3.63, 3.8) is 0 Å². The molecule has 5 nitrogen and oxygen atoms in total. The van der Waals surface area contributed by atoms with E-state index < -0.39 is 23.7 Å². The van der Waals surface area contributed by atoms with Gasteiger partial charge in [0.15, 0.2) is 0 Å². The fourth-order valence-corrected chi connectivity index (χ4v) is 2.63. The van der Waals surface area contributed by atoms with Crippen LogP contribution in [0.5, 0.6) is 0 Å². The number of methoxy groups -OCH3 is 1. The van der Waals surface area contributed by atoms with Gasteiger partial charge in [-0.1, -0.05) is 6.07 Å². The number of halogens is 3. The molecule has 0 heterocycles. The first kappa shape index (κ1) is 19.6. The predicted octanol–water partition coefficient (Wildman–Crippen LogP) is 4.36. The lowest BCUT2D eigenvalue weighted by atomic mass is 10.1. The lowest BCUT2D eigenvalue weighted by Gasteiger charge is -2.09. The van der Waals surface area contributed by atoms with E-state index in [1.807, 2.05) is 0 Å². The number of carbonyl (C=O) groups is 2. The van der Waals surface area contributed by atoms with E-state index >= 15 is 0 Å². The molecule has 26 heavy (non-hydrogen) atoms. The van der Waals surface area contributed by atoms with E-state index in [0.717, 1.165) is 17.0 Å². The van der Waals surface area contributed by atoms with Crippen LogP contribution in [0.1, 0.15) is 15.9 Å². The quantitative estimate of drug-likeness (QED) is 0.594. The third-order valence-corrected chi connectivity index (χ3v) is 4.10. The summed E-state index contributed by atoms with van der Waals surface area (Å²) in [7, 11) is 1.26. The highest BCUT2D eigenvalue weighted by Crippen LogP contribution is 2.29. The standard InChI is InChI=1S/C17H15F3N2O3S/c1-25-16(24)22-13-5-7-14(8-6-13)26-10-21-15(23)11-3-2-4-12(9-11)17(18,19)20/h2-9H,10H2,1H3,(H,21,23)(H,22,24). The highest BCUT2D eigenvalue weighted by molar-refractivity contribution is 7.99. The molecule has 0 aliphatic heterocycles. The molecule has 138 valence electrons. The summed E-state index contributed by atoms with van der Waals surface area (Å²) in [6.45, 7) is 0. The Kier molecular flexibility index (Phi) is 6.51. The molecule has 0 spiro atoms. The molecule has 2 aromatic rings. The molecular weight excluding hydrogens is 369 g/mol. The van der Waals surface area contributed by atoms with Crippen molar-refractivity contribution in [3.8, 4) is 0 Å². The number of carbonyl (C=O) groups excluding carboxylic acids is 2. The Morgan fingerprint density at radius 1 is 1.12 bits per heavy atom. The lowest BCUT2D eigenvalue weighted by molar-refractivity contribution is -0.137. The Morgan fingerprint density at radius 3 is 2.42 bits per heavy atom. The summed E-state index contributed by atoms with van der Waals surface area (Å²) in [5.41, 5.74) is -0.376. The second-order valence-corrected chi connectivity index (χ2v) is 6.06. The van der Waals surface area contributed by atoms with Gasteiger partial charge in [-0.15, -0.1) is 11.8 Å². The van der Waals surface area contributed by atoms with Crippen molar-refractivity contribution in [2.24, 2.45) is 0 Å². The molecule has 0 fully saturated rings. The minimum absolute atomic E-state index is 0.0574. The van der Waals surface area contributed by atoms with Crippen molar-refractivity contribution in [1.82, 2.24) is 5.32 Å². The number of hydrogen-bond donors (Lipinski definition) is 2. The Labute approximate surface area is 151 Å². The SMILES string of the molecule is COC(=O)Nc1ccc(SCNC(=O)c2cccc(C(F)(F)F)c2)cc1. The van der Waals surface area contributed by atoms with Gasteiger partial charge in [0.2, 0.25) is 0 Å². The summed E-state index contributed by atoms with van der Waals surface area (Å²) >= 11 is 1.29. The van der Waals surface area contributed by atoms with Crippen LogP contribution in [0, 0.1) is 0 Å². The largest absolute Gasteiger partial charge is 0.453 e. The average molecular weight is 384 g/mol. The van der Waals surface area contributed by atoms with Gasteiger partial charge in [-0.2, -0.15) is 13.2 Å². The topological polar surface area (TPSA) is 67.4 Å². The Hall–Kier alpha value is -2.68. The number of benzene rings is 2. The highest BCUT2D eigenvalue weighted by Gasteiger charge is 2.30. The second-order valence-electron chi connectivity index (χ2n) is 5.01. The van der Waals surface area contributed by atoms with Gasteiger partial charge in [0, 0.05) is 16.1 Å². The van der Waals surface area contributed by atoms with Crippen LogP contribution in [0.4, 0.5) is 23.7 Å². The number of rotatable bonds is 5. The van der Waals surface area contributed by atoms with Crippen LogP contribution < -0.4 is 10.6 Å². The highest BCUT2D eigenvalue weighted by atomic mass is 32.2. The van der Waals surface area contributed by atoms with E-state index in [-0.39, 0.29) is 11.4 Å². The third-order valence-electron chi connectivity index (χ3n) is 3.21.